The van der Waals surface area contributed by atoms with Crippen molar-refractivity contribution in [2.75, 3.05) is 5.32 Å². The molecule has 0 aliphatic heterocycles. The van der Waals surface area contributed by atoms with Crippen LogP contribution in [0.2, 0.25) is 0 Å². The maximum atomic E-state index is 12.1. The van der Waals surface area contributed by atoms with Crippen molar-refractivity contribution in [3.05, 3.63) is 53.6 Å². The lowest BCUT2D eigenvalue weighted by molar-refractivity contribution is -0.274. The summed E-state index contributed by atoms with van der Waals surface area (Å²) in [6.07, 6.45) is -4.71. The first-order chi connectivity index (χ1) is 9.89. The number of hydrogen-bond acceptors (Lipinski definition) is 3. The van der Waals surface area contributed by atoms with Crippen LogP contribution in [0.1, 0.15) is 11.1 Å². The second kappa shape index (κ2) is 5.75. The summed E-state index contributed by atoms with van der Waals surface area (Å²) < 4.78 is 40.0. The van der Waals surface area contributed by atoms with Gasteiger partial charge in [-0.25, -0.2) is 0 Å². The molecule has 0 saturated carbocycles. The number of halogens is 3. The number of ether oxygens (including phenoxy) is 1. The van der Waals surface area contributed by atoms with Gasteiger partial charge in [0.2, 0.25) is 0 Å². The lowest BCUT2D eigenvalue weighted by atomic mass is 10.1. The second-order valence-corrected chi connectivity index (χ2v) is 4.31. The Hall–Kier alpha value is -2.68. The van der Waals surface area contributed by atoms with Crippen molar-refractivity contribution in [2.24, 2.45) is 0 Å². The SMILES string of the molecule is Cc1cccc(C#N)c1Nc1ccc(OC(F)(F)F)cc1. The molecule has 3 nitrogen and oxygen atoms in total. The minimum absolute atomic E-state index is 0.293. The fourth-order valence-electron chi connectivity index (χ4n) is 1.81. The van der Waals surface area contributed by atoms with Gasteiger partial charge < -0.3 is 10.1 Å². The van der Waals surface area contributed by atoms with Crippen molar-refractivity contribution in [3.63, 3.8) is 0 Å². The summed E-state index contributed by atoms with van der Waals surface area (Å²) >= 11 is 0. The molecule has 0 unspecified atom stereocenters. The molecule has 0 atom stereocenters. The first kappa shape index (κ1) is 14.7. The number of nitrogens with one attached hydrogen (secondary N) is 1. The molecule has 1 N–H and O–H groups in total. The molecule has 6 heteroatoms. The topological polar surface area (TPSA) is 45.0 Å². The summed E-state index contributed by atoms with van der Waals surface area (Å²) in [6.45, 7) is 1.84. The molecule has 21 heavy (non-hydrogen) atoms. The normalized spacial score (nSPS) is 10.8. The van der Waals surface area contributed by atoms with E-state index in [0.717, 1.165) is 5.56 Å². The van der Waals surface area contributed by atoms with Crippen molar-refractivity contribution in [1.29, 1.82) is 5.26 Å². The van der Waals surface area contributed by atoms with Crippen LogP contribution in [-0.2, 0) is 0 Å². The van der Waals surface area contributed by atoms with Crippen LogP contribution in [0.4, 0.5) is 24.5 Å². The molecule has 2 aromatic rings. The lowest BCUT2D eigenvalue weighted by Crippen LogP contribution is -2.16. The van der Waals surface area contributed by atoms with Crippen molar-refractivity contribution in [1.82, 2.24) is 0 Å². The van der Waals surface area contributed by atoms with Gasteiger partial charge >= 0.3 is 6.36 Å². The van der Waals surface area contributed by atoms with Gasteiger partial charge in [0, 0.05) is 5.69 Å². The number of alkyl halides is 3. The Morgan fingerprint density at radius 2 is 1.76 bits per heavy atom. The third-order valence-electron chi connectivity index (χ3n) is 2.75. The van der Waals surface area contributed by atoms with Crippen molar-refractivity contribution in [2.45, 2.75) is 13.3 Å². The lowest BCUT2D eigenvalue weighted by Gasteiger charge is -2.12. The van der Waals surface area contributed by atoms with Crippen LogP contribution < -0.4 is 10.1 Å². The zero-order valence-corrected chi connectivity index (χ0v) is 11.0. The van der Waals surface area contributed by atoms with Gasteiger partial charge in [0.05, 0.1) is 11.3 Å². The van der Waals surface area contributed by atoms with Crippen molar-refractivity contribution in [3.8, 4) is 11.8 Å². The number of benzene rings is 2. The predicted molar refractivity (Wildman–Crippen MR) is 72.3 cm³/mol. The molecule has 2 aromatic carbocycles. The number of aryl methyl sites for hydroxylation is 1. The fourth-order valence-corrected chi connectivity index (χ4v) is 1.81. The van der Waals surface area contributed by atoms with E-state index >= 15 is 0 Å². The highest BCUT2D eigenvalue weighted by Crippen LogP contribution is 2.27. The number of nitriles is 1. The Balaban J connectivity index is 2.20. The molecule has 0 heterocycles. The molecule has 0 amide bonds. The fraction of sp³-hybridized carbons (Fsp3) is 0.133. The third kappa shape index (κ3) is 3.89. The Morgan fingerprint density at radius 3 is 2.33 bits per heavy atom. The molecule has 0 aromatic heterocycles. The van der Waals surface area contributed by atoms with Gasteiger partial charge in [-0.1, -0.05) is 12.1 Å². The van der Waals surface area contributed by atoms with Gasteiger partial charge in [0.1, 0.15) is 11.8 Å². The molecule has 0 spiro atoms. The van der Waals surface area contributed by atoms with Gasteiger partial charge in [-0.3, -0.25) is 0 Å². The molecular formula is C15H11F3N2O. The van der Waals surface area contributed by atoms with Crippen LogP contribution in [0.15, 0.2) is 42.5 Å². The summed E-state index contributed by atoms with van der Waals surface area (Å²) in [7, 11) is 0. The third-order valence-corrected chi connectivity index (χ3v) is 2.75. The van der Waals surface area contributed by atoms with E-state index < -0.39 is 6.36 Å². The van der Waals surface area contributed by atoms with Crippen LogP contribution in [0.5, 0.6) is 5.75 Å². The van der Waals surface area contributed by atoms with Gasteiger partial charge in [-0.2, -0.15) is 5.26 Å². The zero-order valence-electron chi connectivity index (χ0n) is 11.0. The van der Waals surface area contributed by atoms with Crippen LogP contribution in [0.3, 0.4) is 0 Å². The summed E-state index contributed by atoms with van der Waals surface area (Å²) in [5.41, 5.74) is 2.52. The van der Waals surface area contributed by atoms with Crippen LogP contribution in [0, 0.1) is 18.3 Å². The Labute approximate surface area is 119 Å². The highest BCUT2D eigenvalue weighted by molar-refractivity contribution is 5.70. The quantitative estimate of drug-likeness (QED) is 0.905. The smallest absolute Gasteiger partial charge is 0.406 e. The predicted octanol–water partition coefficient (Wildman–Crippen LogP) is 4.51. The molecule has 0 saturated heterocycles. The van der Waals surface area contributed by atoms with Crippen molar-refractivity contribution < 1.29 is 17.9 Å². The Bertz CT molecular complexity index is 673. The van der Waals surface area contributed by atoms with E-state index in [1.807, 2.05) is 13.0 Å². The van der Waals surface area contributed by atoms with Gasteiger partial charge in [-0.05, 0) is 42.8 Å². The van der Waals surface area contributed by atoms with Crippen LogP contribution >= 0.6 is 0 Å². The minimum atomic E-state index is -4.71. The molecule has 0 radical (unpaired) electrons. The Kier molecular flexibility index (Phi) is 4.03. The minimum Gasteiger partial charge on any atom is -0.406 e. The first-order valence-electron chi connectivity index (χ1n) is 6.01. The molecule has 2 rings (SSSR count). The van der Waals surface area contributed by atoms with Crippen LogP contribution in [0.25, 0.3) is 0 Å². The molecule has 0 aliphatic carbocycles. The maximum Gasteiger partial charge on any atom is 0.573 e. The van der Waals surface area contributed by atoms with Crippen molar-refractivity contribution >= 4 is 11.4 Å². The molecule has 0 aliphatic rings. The van der Waals surface area contributed by atoms with Gasteiger partial charge in [-0.15, -0.1) is 13.2 Å². The molecule has 0 bridgehead atoms. The summed E-state index contributed by atoms with van der Waals surface area (Å²) in [4.78, 5) is 0. The van der Waals surface area contributed by atoms with Gasteiger partial charge in [0.15, 0.2) is 0 Å². The number of anilines is 2. The van der Waals surface area contributed by atoms with E-state index in [1.54, 1.807) is 12.1 Å². The van der Waals surface area contributed by atoms with Crippen LogP contribution in [-0.4, -0.2) is 6.36 Å². The van der Waals surface area contributed by atoms with E-state index in [1.165, 1.54) is 24.3 Å². The largest absolute Gasteiger partial charge is 0.573 e. The average Bonchev–Trinajstić information content (AvgIpc) is 2.41. The summed E-state index contributed by atoms with van der Waals surface area (Å²) in [5, 5.41) is 12.1. The second-order valence-electron chi connectivity index (χ2n) is 4.31. The van der Waals surface area contributed by atoms with E-state index in [0.29, 0.717) is 16.9 Å². The van der Waals surface area contributed by atoms with Gasteiger partial charge in [0.25, 0.3) is 0 Å². The molecule has 108 valence electrons. The van der Waals surface area contributed by atoms with E-state index in [-0.39, 0.29) is 5.75 Å². The standard InChI is InChI=1S/C15H11F3N2O/c1-10-3-2-4-11(9-19)14(10)20-12-5-7-13(8-6-12)21-15(16,17)18/h2-8,20H,1H3. The number of nitrogens with zero attached hydrogens (tertiary/aromatic N) is 1. The number of rotatable bonds is 3. The first-order valence-corrected chi connectivity index (χ1v) is 6.01. The average molecular weight is 292 g/mol. The number of para-hydroxylation sites is 1. The highest BCUT2D eigenvalue weighted by atomic mass is 19.4. The van der Waals surface area contributed by atoms with E-state index in [9.17, 15) is 13.2 Å². The van der Waals surface area contributed by atoms with E-state index in [4.69, 9.17) is 5.26 Å². The monoisotopic (exact) mass is 292 g/mol. The maximum absolute atomic E-state index is 12.1. The number of hydrogen-bond donors (Lipinski definition) is 1. The summed E-state index contributed by atoms with van der Waals surface area (Å²) in [5.74, 6) is -0.293. The highest BCUT2D eigenvalue weighted by Gasteiger charge is 2.30. The van der Waals surface area contributed by atoms with E-state index in [2.05, 4.69) is 16.1 Å². The molecular weight excluding hydrogens is 281 g/mol. The Morgan fingerprint density at radius 1 is 1.10 bits per heavy atom. The summed E-state index contributed by atoms with van der Waals surface area (Å²) in [6, 6.07) is 12.7. The molecule has 0 fully saturated rings. The zero-order chi connectivity index (χ0) is 15.5.